The average molecular weight is 424 g/mol. The summed E-state index contributed by atoms with van der Waals surface area (Å²) in [5, 5.41) is 1.54. The third-order valence-electron chi connectivity index (χ3n) is 5.36. The van der Waals surface area contributed by atoms with Gasteiger partial charge in [-0.3, -0.25) is 14.3 Å². The lowest BCUT2D eigenvalue weighted by Crippen LogP contribution is -2.24. The highest BCUT2D eigenvalue weighted by atomic mass is 32.2. The van der Waals surface area contributed by atoms with Gasteiger partial charge in [0.25, 0.3) is 5.56 Å². The Morgan fingerprint density at radius 3 is 3.07 bits per heavy atom. The summed E-state index contributed by atoms with van der Waals surface area (Å²) < 4.78 is 7.30. The first-order chi connectivity index (χ1) is 14.2. The van der Waals surface area contributed by atoms with E-state index in [4.69, 9.17) is 9.40 Å². The molecule has 0 bridgehead atoms. The van der Waals surface area contributed by atoms with E-state index >= 15 is 0 Å². The van der Waals surface area contributed by atoms with Crippen molar-refractivity contribution < 1.29 is 4.42 Å². The normalized spacial score (nSPS) is 16.2. The van der Waals surface area contributed by atoms with Crippen LogP contribution in [0.3, 0.4) is 0 Å². The Kier molecular flexibility index (Phi) is 5.01. The molecule has 29 heavy (non-hydrogen) atoms. The molecule has 1 aliphatic carbocycles. The molecule has 1 atom stereocenters. The number of nitrogens with zero attached hydrogens (tertiary/aromatic N) is 3. The lowest BCUT2D eigenvalue weighted by molar-refractivity contribution is 0.476. The van der Waals surface area contributed by atoms with Gasteiger partial charge in [0.15, 0.2) is 5.16 Å². The molecule has 0 saturated heterocycles. The SMILES string of the molecule is CC1CCc2c(sc3nc(SCc4cccnc4)n(Cc4ccco4)c(=O)c23)C1. The molecule has 7 heteroatoms. The van der Waals surface area contributed by atoms with Crippen molar-refractivity contribution in [3.05, 3.63) is 75.0 Å². The second kappa shape index (κ2) is 7.80. The maximum atomic E-state index is 13.6. The fourth-order valence-corrected chi connectivity index (χ4v) is 6.20. The number of aromatic nitrogens is 3. The number of aryl methyl sites for hydroxylation is 1. The summed E-state index contributed by atoms with van der Waals surface area (Å²) in [5.41, 5.74) is 2.38. The van der Waals surface area contributed by atoms with Crippen LogP contribution in [0.2, 0.25) is 0 Å². The van der Waals surface area contributed by atoms with E-state index < -0.39 is 0 Å². The van der Waals surface area contributed by atoms with E-state index in [1.54, 1.807) is 40.1 Å². The van der Waals surface area contributed by atoms with Gasteiger partial charge < -0.3 is 4.42 Å². The van der Waals surface area contributed by atoms with Crippen LogP contribution >= 0.6 is 23.1 Å². The largest absolute Gasteiger partial charge is 0.467 e. The van der Waals surface area contributed by atoms with Crippen LogP contribution in [0, 0.1) is 5.92 Å². The minimum Gasteiger partial charge on any atom is -0.467 e. The second-order valence-corrected chi connectivity index (χ2v) is 9.57. The quantitative estimate of drug-likeness (QED) is 0.337. The Labute approximate surface area is 176 Å². The van der Waals surface area contributed by atoms with Gasteiger partial charge in [0, 0.05) is 23.0 Å². The Hall–Kier alpha value is -2.38. The van der Waals surface area contributed by atoms with Gasteiger partial charge in [-0.1, -0.05) is 24.8 Å². The van der Waals surface area contributed by atoms with Crippen LogP contribution in [0.5, 0.6) is 0 Å². The van der Waals surface area contributed by atoms with Crippen LogP contribution in [0.25, 0.3) is 10.2 Å². The Balaban J connectivity index is 1.60. The molecule has 4 aromatic heterocycles. The predicted octanol–water partition coefficient (Wildman–Crippen LogP) is 4.91. The minimum absolute atomic E-state index is 0.0483. The maximum absolute atomic E-state index is 13.6. The van der Waals surface area contributed by atoms with Gasteiger partial charge in [-0.25, -0.2) is 4.98 Å². The standard InChI is InChI=1S/C22H21N3O2S2/c1-14-6-7-17-18(10-14)29-20-19(17)21(26)25(12-16-5-3-9-27-16)22(24-20)28-13-15-4-2-8-23-11-15/h2-5,8-9,11,14H,6-7,10,12-13H2,1H3. The van der Waals surface area contributed by atoms with Crippen LogP contribution in [-0.2, 0) is 25.1 Å². The summed E-state index contributed by atoms with van der Waals surface area (Å²) in [6, 6.07) is 7.72. The molecule has 0 saturated carbocycles. The molecule has 5 rings (SSSR count). The number of hydrogen-bond donors (Lipinski definition) is 0. The molecule has 0 fully saturated rings. The van der Waals surface area contributed by atoms with Crippen LogP contribution in [0.15, 0.2) is 57.3 Å². The van der Waals surface area contributed by atoms with Crippen LogP contribution in [0.1, 0.15) is 35.1 Å². The van der Waals surface area contributed by atoms with Gasteiger partial charge in [-0.15, -0.1) is 11.3 Å². The number of furan rings is 1. The van der Waals surface area contributed by atoms with Crippen molar-refractivity contribution in [3.63, 3.8) is 0 Å². The fraction of sp³-hybridized carbons (Fsp3) is 0.318. The molecule has 5 nitrogen and oxygen atoms in total. The van der Waals surface area contributed by atoms with E-state index in [-0.39, 0.29) is 5.56 Å². The smallest absolute Gasteiger partial charge is 0.263 e. The number of rotatable bonds is 5. The fourth-order valence-electron chi connectivity index (χ4n) is 3.84. The average Bonchev–Trinajstić information content (AvgIpc) is 3.36. The lowest BCUT2D eigenvalue weighted by Gasteiger charge is -2.17. The monoisotopic (exact) mass is 423 g/mol. The first-order valence-corrected chi connectivity index (χ1v) is 11.6. The summed E-state index contributed by atoms with van der Waals surface area (Å²) in [6.45, 7) is 2.68. The zero-order valence-electron chi connectivity index (χ0n) is 16.1. The van der Waals surface area contributed by atoms with Gasteiger partial charge in [-0.05, 0) is 54.5 Å². The van der Waals surface area contributed by atoms with Crippen molar-refractivity contribution in [1.29, 1.82) is 0 Å². The number of fused-ring (bicyclic) bond motifs is 3. The van der Waals surface area contributed by atoms with E-state index in [1.807, 2.05) is 30.5 Å². The molecule has 4 aromatic rings. The van der Waals surface area contributed by atoms with Crippen molar-refractivity contribution in [2.45, 2.75) is 43.6 Å². The van der Waals surface area contributed by atoms with Gasteiger partial charge >= 0.3 is 0 Å². The van der Waals surface area contributed by atoms with Crippen molar-refractivity contribution in [1.82, 2.24) is 14.5 Å². The molecule has 0 radical (unpaired) electrons. The number of thiophene rings is 1. The van der Waals surface area contributed by atoms with Gasteiger partial charge in [0.1, 0.15) is 10.6 Å². The van der Waals surface area contributed by atoms with E-state index in [1.165, 1.54) is 10.4 Å². The molecule has 0 spiro atoms. The molecule has 0 N–H and O–H groups in total. The molecule has 1 unspecified atom stereocenters. The predicted molar refractivity (Wildman–Crippen MR) is 117 cm³/mol. The first kappa shape index (κ1) is 18.6. The van der Waals surface area contributed by atoms with Gasteiger partial charge in [0.05, 0.1) is 18.2 Å². The van der Waals surface area contributed by atoms with Gasteiger partial charge in [0.2, 0.25) is 0 Å². The van der Waals surface area contributed by atoms with Gasteiger partial charge in [-0.2, -0.15) is 0 Å². The minimum atomic E-state index is 0.0483. The zero-order valence-corrected chi connectivity index (χ0v) is 17.8. The van der Waals surface area contributed by atoms with Crippen molar-refractivity contribution in [3.8, 4) is 0 Å². The number of pyridine rings is 1. The highest BCUT2D eigenvalue weighted by Gasteiger charge is 2.25. The molecule has 148 valence electrons. The molecule has 0 aliphatic heterocycles. The Morgan fingerprint density at radius 2 is 2.28 bits per heavy atom. The lowest BCUT2D eigenvalue weighted by atomic mass is 9.89. The highest BCUT2D eigenvalue weighted by Crippen LogP contribution is 2.36. The van der Waals surface area contributed by atoms with Crippen LogP contribution < -0.4 is 5.56 Å². The van der Waals surface area contributed by atoms with Crippen molar-refractivity contribution in [2.24, 2.45) is 5.92 Å². The zero-order chi connectivity index (χ0) is 19.8. The number of hydrogen-bond acceptors (Lipinski definition) is 6. The first-order valence-electron chi connectivity index (χ1n) is 9.78. The Morgan fingerprint density at radius 1 is 1.34 bits per heavy atom. The van der Waals surface area contributed by atoms with Crippen molar-refractivity contribution >= 4 is 33.3 Å². The molecule has 0 aromatic carbocycles. The summed E-state index contributed by atoms with van der Waals surface area (Å²) in [4.78, 5) is 24.9. The second-order valence-electron chi connectivity index (χ2n) is 7.55. The van der Waals surface area contributed by atoms with E-state index in [0.717, 1.165) is 46.0 Å². The molecule has 0 amide bonds. The molecule has 1 aliphatic rings. The molecule has 4 heterocycles. The molecular formula is C22H21N3O2S2. The van der Waals surface area contributed by atoms with Crippen LogP contribution in [-0.4, -0.2) is 14.5 Å². The van der Waals surface area contributed by atoms with E-state index in [2.05, 4.69) is 11.9 Å². The van der Waals surface area contributed by atoms with E-state index in [0.29, 0.717) is 18.2 Å². The third-order valence-corrected chi connectivity index (χ3v) is 7.56. The summed E-state index contributed by atoms with van der Waals surface area (Å²) in [5.74, 6) is 2.14. The van der Waals surface area contributed by atoms with Crippen LogP contribution in [0.4, 0.5) is 0 Å². The summed E-state index contributed by atoms with van der Waals surface area (Å²) >= 11 is 3.27. The third kappa shape index (κ3) is 3.65. The Bertz CT molecular complexity index is 1200. The number of thioether (sulfide) groups is 1. The maximum Gasteiger partial charge on any atom is 0.263 e. The highest BCUT2D eigenvalue weighted by molar-refractivity contribution is 7.98. The topological polar surface area (TPSA) is 60.9 Å². The summed E-state index contributed by atoms with van der Waals surface area (Å²) in [6.07, 6.45) is 8.41. The van der Waals surface area contributed by atoms with E-state index in [9.17, 15) is 4.79 Å². The van der Waals surface area contributed by atoms with Crippen molar-refractivity contribution in [2.75, 3.05) is 0 Å². The molecular weight excluding hydrogens is 402 g/mol. The summed E-state index contributed by atoms with van der Waals surface area (Å²) in [7, 11) is 0.